The van der Waals surface area contributed by atoms with E-state index < -0.39 is 4.92 Å². The number of nitro groups is 1. The predicted molar refractivity (Wildman–Crippen MR) is 70.5 cm³/mol. The average molecular weight is 335 g/mol. The van der Waals surface area contributed by atoms with Gasteiger partial charge in [0, 0.05) is 11.4 Å². The Bertz CT molecular complexity index is 469. The van der Waals surface area contributed by atoms with Crippen LogP contribution in [0.3, 0.4) is 0 Å². The maximum absolute atomic E-state index is 11.1. The first-order valence-corrected chi connectivity index (χ1v) is 6.64. The number of carbonyl (C=O) groups excluding carboxylic acids is 1. The smallest absolute Gasteiger partial charge is 0.306 e. The molecule has 1 rings (SSSR count). The first-order valence-electron chi connectivity index (χ1n) is 4.97. The molecule has 18 heavy (non-hydrogen) atoms. The number of rotatable bonds is 5. The zero-order chi connectivity index (χ0) is 13.7. The summed E-state index contributed by atoms with van der Waals surface area (Å²) < 4.78 is 5.10. The second-order valence-electron chi connectivity index (χ2n) is 3.44. The Labute approximate surface area is 116 Å². The highest BCUT2D eigenvalue weighted by atomic mass is 79.9. The van der Waals surface area contributed by atoms with Crippen molar-refractivity contribution in [2.45, 2.75) is 23.5 Å². The SMILES string of the molecule is COC(=O)CC(C)Sc1c(Br)cncc1[N+](=O)[O-]. The predicted octanol–water partition coefficient (Wildman–Crippen LogP) is 2.80. The molecular weight excluding hydrogens is 324 g/mol. The molecule has 0 saturated heterocycles. The Kier molecular flexibility index (Phi) is 5.54. The Balaban J connectivity index is 2.89. The lowest BCUT2D eigenvalue weighted by atomic mass is 10.3. The van der Waals surface area contributed by atoms with Crippen molar-refractivity contribution in [2.24, 2.45) is 0 Å². The average Bonchev–Trinajstić information content (AvgIpc) is 2.31. The lowest BCUT2D eigenvalue weighted by Gasteiger charge is -2.10. The van der Waals surface area contributed by atoms with E-state index in [1.807, 2.05) is 0 Å². The number of aromatic nitrogens is 1. The molecule has 0 fully saturated rings. The number of methoxy groups -OCH3 is 1. The van der Waals surface area contributed by atoms with Gasteiger partial charge in [0.1, 0.15) is 11.1 Å². The van der Waals surface area contributed by atoms with E-state index in [1.165, 1.54) is 31.3 Å². The van der Waals surface area contributed by atoms with Gasteiger partial charge >= 0.3 is 11.7 Å². The highest BCUT2D eigenvalue weighted by molar-refractivity contribution is 9.10. The van der Waals surface area contributed by atoms with Crippen LogP contribution in [0.5, 0.6) is 0 Å². The third-order valence-electron chi connectivity index (χ3n) is 2.03. The maximum atomic E-state index is 11.1. The molecule has 0 aromatic carbocycles. The van der Waals surface area contributed by atoms with E-state index in [9.17, 15) is 14.9 Å². The quantitative estimate of drug-likeness (QED) is 0.356. The lowest BCUT2D eigenvalue weighted by Crippen LogP contribution is -2.09. The van der Waals surface area contributed by atoms with Gasteiger partial charge < -0.3 is 4.74 Å². The normalized spacial score (nSPS) is 11.9. The fourth-order valence-electron chi connectivity index (χ4n) is 1.22. The molecule has 0 bridgehead atoms. The molecule has 0 N–H and O–H groups in total. The number of hydrogen-bond donors (Lipinski definition) is 0. The van der Waals surface area contributed by atoms with Crippen molar-refractivity contribution in [3.05, 3.63) is 27.0 Å². The van der Waals surface area contributed by atoms with E-state index in [0.717, 1.165) is 0 Å². The van der Waals surface area contributed by atoms with E-state index in [-0.39, 0.29) is 23.3 Å². The van der Waals surface area contributed by atoms with Gasteiger partial charge in [-0.1, -0.05) is 6.92 Å². The summed E-state index contributed by atoms with van der Waals surface area (Å²) in [5.74, 6) is -0.345. The van der Waals surface area contributed by atoms with Crippen LogP contribution in [0.25, 0.3) is 0 Å². The van der Waals surface area contributed by atoms with Crippen molar-refractivity contribution in [3.8, 4) is 0 Å². The third kappa shape index (κ3) is 3.95. The Hall–Kier alpha value is -1.15. The topological polar surface area (TPSA) is 82.3 Å². The number of halogens is 1. The van der Waals surface area contributed by atoms with Crippen molar-refractivity contribution in [2.75, 3.05) is 7.11 Å². The molecule has 98 valence electrons. The van der Waals surface area contributed by atoms with Crippen molar-refractivity contribution < 1.29 is 14.5 Å². The minimum Gasteiger partial charge on any atom is -0.469 e. The zero-order valence-corrected chi connectivity index (χ0v) is 12.2. The minimum absolute atomic E-state index is 0.0777. The zero-order valence-electron chi connectivity index (χ0n) is 9.75. The molecule has 1 heterocycles. The van der Waals surface area contributed by atoms with E-state index in [0.29, 0.717) is 9.37 Å². The molecule has 8 heteroatoms. The fourth-order valence-corrected chi connectivity index (χ4v) is 2.86. The Morgan fingerprint density at radius 1 is 1.67 bits per heavy atom. The molecule has 0 aliphatic heterocycles. The van der Waals surface area contributed by atoms with Crippen LogP contribution in [0.4, 0.5) is 5.69 Å². The molecule has 1 unspecified atom stereocenters. The van der Waals surface area contributed by atoms with Crippen LogP contribution in [0, 0.1) is 10.1 Å². The molecule has 0 spiro atoms. The molecular formula is C10H11BrN2O4S. The molecule has 1 aromatic rings. The van der Waals surface area contributed by atoms with Crippen LogP contribution in [0.15, 0.2) is 21.8 Å². The summed E-state index contributed by atoms with van der Waals surface area (Å²) in [7, 11) is 1.31. The van der Waals surface area contributed by atoms with Crippen LogP contribution in [-0.2, 0) is 9.53 Å². The van der Waals surface area contributed by atoms with Gasteiger partial charge in [-0.05, 0) is 15.9 Å². The van der Waals surface area contributed by atoms with E-state index in [1.54, 1.807) is 6.92 Å². The second kappa shape index (κ2) is 6.69. The Morgan fingerprint density at radius 3 is 2.89 bits per heavy atom. The highest BCUT2D eigenvalue weighted by Gasteiger charge is 2.21. The monoisotopic (exact) mass is 334 g/mol. The van der Waals surface area contributed by atoms with Gasteiger partial charge in [-0.25, -0.2) is 0 Å². The fraction of sp³-hybridized carbons (Fsp3) is 0.400. The van der Waals surface area contributed by atoms with Crippen LogP contribution in [0.1, 0.15) is 13.3 Å². The van der Waals surface area contributed by atoms with Crippen LogP contribution in [-0.4, -0.2) is 28.2 Å². The first-order chi connectivity index (χ1) is 8.45. The van der Waals surface area contributed by atoms with Crippen LogP contribution in [0.2, 0.25) is 0 Å². The van der Waals surface area contributed by atoms with Crippen molar-refractivity contribution in [1.29, 1.82) is 0 Å². The summed E-state index contributed by atoms with van der Waals surface area (Å²) in [6.07, 6.45) is 2.87. The number of nitrogens with zero attached hydrogens (tertiary/aromatic N) is 2. The number of carbonyl (C=O) groups is 1. The largest absolute Gasteiger partial charge is 0.469 e. The number of thioether (sulfide) groups is 1. The molecule has 0 radical (unpaired) electrons. The standard InChI is InChI=1S/C10H11BrN2O4S/c1-6(3-9(14)17-2)18-10-7(11)4-12-5-8(10)13(15)16/h4-6H,3H2,1-2H3. The molecule has 1 aromatic heterocycles. The molecule has 6 nitrogen and oxygen atoms in total. The molecule has 1 atom stereocenters. The summed E-state index contributed by atoms with van der Waals surface area (Å²) in [4.78, 5) is 25.7. The van der Waals surface area contributed by atoms with Gasteiger partial charge in [0.25, 0.3) is 0 Å². The first kappa shape index (κ1) is 14.9. The van der Waals surface area contributed by atoms with Gasteiger partial charge in [-0.2, -0.15) is 0 Å². The van der Waals surface area contributed by atoms with Crippen molar-refractivity contribution in [3.63, 3.8) is 0 Å². The maximum Gasteiger partial charge on any atom is 0.306 e. The summed E-state index contributed by atoms with van der Waals surface area (Å²) >= 11 is 4.46. The molecule has 0 aliphatic rings. The molecule has 0 amide bonds. The van der Waals surface area contributed by atoms with E-state index >= 15 is 0 Å². The van der Waals surface area contributed by atoms with Crippen molar-refractivity contribution >= 4 is 39.3 Å². The number of hydrogen-bond acceptors (Lipinski definition) is 6. The van der Waals surface area contributed by atoms with Gasteiger partial charge in [0.2, 0.25) is 0 Å². The third-order valence-corrected chi connectivity index (χ3v) is 4.13. The van der Waals surface area contributed by atoms with Gasteiger partial charge in [0.05, 0.1) is 22.9 Å². The number of pyridine rings is 1. The van der Waals surface area contributed by atoms with Crippen molar-refractivity contribution in [1.82, 2.24) is 4.98 Å². The number of esters is 1. The Morgan fingerprint density at radius 2 is 2.33 bits per heavy atom. The molecule has 0 saturated carbocycles. The van der Waals surface area contributed by atoms with Crippen LogP contribution >= 0.6 is 27.7 Å². The van der Waals surface area contributed by atoms with Gasteiger partial charge in [-0.15, -0.1) is 11.8 Å². The van der Waals surface area contributed by atoms with E-state index in [4.69, 9.17) is 0 Å². The summed E-state index contributed by atoms with van der Waals surface area (Å²) in [6, 6.07) is 0. The summed E-state index contributed by atoms with van der Waals surface area (Å²) in [5, 5.41) is 10.7. The lowest BCUT2D eigenvalue weighted by molar-refractivity contribution is -0.388. The summed E-state index contributed by atoms with van der Waals surface area (Å²) in [6.45, 7) is 1.80. The van der Waals surface area contributed by atoms with E-state index in [2.05, 4.69) is 25.7 Å². The van der Waals surface area contributed by atoms with Gasteiger partial charge in [0.15, 0.2) is 0 Å². The highest BCUT2D eigenvalue weighted by Crippen LogP contribution is 2.37. The van der Waals surface area contributed by atoms with Crippen LogP contribution < -0.4 is 0 Å². The minimum atomic E-state index is -0.495. The molecule has 0 aliphatic carbocycles. The van der Waals surface area contributed by atoms with Gasteiger partial charge in [-0.3, -0.25) is 19.9 Å². The summed E-state index contributed by atoms with van der Waals surface area (Å²) in [5.41, 5.74) is -0.0777. The number of ether oxygens (including phenoxy) is 1. The second-order valence-corrected chi connectivity index (χ2v) is 5.74.